The number of hydrogen-bond donors (Lipinski definition) is 2. The predicted octanol–water partition coefficient (Wildman–Crippen LogP) is 5.83. The Morgan fingerprint density at radius 2 is 1.72 bits per heavy atom. The van der Waals surface area contributed by atoms with Crippen LogP contribution in [0.4, 0.5) is 5.69 Å². The van der Waals surface area contributed by atoms with Gasteiger partial charge in [0.25, 0.3) is 0 Å². The first-order chi connectivity index (χ1) is 17.3. The fourth-order valence-electron chi connectivity index (χ4n) is 2.96. The van der Waals surface area contributed by atoms with Gasteiger partial charge in [0.15, 0.2) is 11.5 Å². The van der Waals surface area contributed by atoms with E-state index in [0.29, 0.717) is 55.2 Å². The van der Waals surface area contributed by atoms with Crippen LogP contribution in [0.25, 0.3) is 0 Å². The maximum absolute atomic E-state index is 12.1. The third-order valence-corrected chi connectivity index (χ3v) is 5.99. The highest BCUT2D eigenvalue weighted by Gasteiger charge is 2.15. The van der Waals surface area contributed by atoms with Gasteiger partial charge in [0.1, 0.15) is 12.4 Å². The monoisotopic (exact) mass is 593 g/mol. The smallest absolute Gasteiger partial charge is 0.329 e. The number of rotatable bonds is 9. The number of halogens is 3. The van der Waals surface area contributed by atoms with Gasteiger partial charge in [-0.05, 0) is 76.9 Å². The van der Waals surface area contributed by atoms with Crippen molar-refractivity contribution in [1.29, 1.82) is 0 Å². The molecule has 0 atom stereocenters. The molecule has 0 saturated carbocycles. The van der Waals surface area contributed by atoms with Gasteiger partial charge in [-0.15, -0.1) is 0 Å². The summed E-state index contributed by atoms with van der Waals surface area (Å²) >= 11 is 15.9. The second kappa shape index (κ2) is 13.2. The molecule has 0 spiro atoms. The molecule has 0 unspecified atom stereocenters. The molecule has 0 aliphatic carbocycles. The Bertz CT molecular complexity index is 1250. The number of nitrogens with zero attached hydrogens (tertiary/aromatic N) is 1. The van der Waals surface area contributed by atoms with Crippen LogP contribution in [0.2, 0.25) is 10.0 Å². The Hall–Kier alpha value is -3.27. The van der Waals surface area contributed by atoms with E-state index in [1.807, 2.05) is 6.92 Å². The van der Waals surface area contributed by atoms with E-state index >= 15 is 0 Å². The second-order valence-electron chi connectivity index (χ2n) is 7.13. The summed E-state index contributed by atoms with van der Waals surface area (Å²) in [6.07, 6.45) is 1.38. The SMILES string of the molecule is CCOc1cc(C=NNC(=O)C(=O)Nc2ccc(OC)cc2)cc(Br)c1OCc1c(Cl)cccc1Cl. The predicted molar refractivity (Wildman–Crippen MR) is 143 cm³/mol. The average molecular weight is 595 g/mol. The fraction of sp³-hybridized carbons (Fsp3) is 0.160. The minimum Gasteiger partial charge on any atom is -0.497 e. The highest BCUT2D eigenvalue weighted by molar-refractivity contribution is 9.10. The summed E-state index contributed by atoms with van der Waals surface area (Å²) < 4.78 is 17.3. The first-order valence-corrected chi connectivity index (χ1v) is 12.2. The van der Waals surface area contributed by atoms with Crippen LogP contribution in [-0.2, 0) is 16.2 Å². The van der Waals surface area contributed by atoms with Gasteiger partial charge in [0, 0.05) is 21.3 Å². The molecule has 3 rings (SSSR count). The molecule has 0 aromatic heterocycles. The third kappa shape index (κ3) is 7.36. The van der Waals surface area contributed by atoms with Crippen LogP contribution < -0.4 is 25.0 Å². The maximum atomic E-state index is 12.1. The summed E-state index contributed by atoms with van der Waals surface area (Å²) in [5.41, 5.74) is 3.88. The van der Waals surface area contributed by atoms with Crippen LogP contribution in [0.1, 0.15) is 18.1 Å². The summed E-state index contributed by atoms with van der Waals surface area (Å²) in [6, 6.07) is 15.2. The number of ether oxygens (including phenoxy) is 3. The number of hydrazone groups is 1. The van der Waals surface area contributed by atoms with Crippen molar-refractivity contribution in [3.63, 3.8) is 0 Å². The fourth-order valence-corrected chi connectivity index (χ4v) is 4.04. The van der Waals surface area contributed by atoms with Gasteiger partial charge >= 0.3 is 11.8 Å². The molecule has 0 heterocycles. The van der Waals surface area contributed by atoms with Crippen LogP contribution in [0.15, 0.2) is 64.2 Å². The number of nitrogens with one attached hydrogen (secondary N) is 2. The molecule has 3 aromatic carbocycles. The number of methoxy groups -OCH3 is 1. The van der Waals surface area contributed by atoms with E-state index in [1.165, 1.54) is 13.3 Å². The first-order valence-electron chi connectivity index (χ1n) is 10.6. The van der Waals surface area contributed by atoms with Crippen molar-refractivity contribution in [2.75, 3.05) is 19.0 Å². The summed E-state index contributed by atoms with van der Waals surface area (Å²) in [6.45, 7) is 2.35. The molecule has 2 amide bonds. The van der Waals surface area contributed by atoms with Crippen molar-refractivity contribution in [3.8, 4) is 17.2 Å². The molecule has 0 bridgehead atoms. The zero-order valence-corrected chi connectivity index (χ0v) is 22.4. The summed E-state index contributed by atoms with van der Waals surface area (Å²) in [5.74, 6) is -0.269. The van der Waals surface area contributed by atoms with Crippen LogP contribution in [-0.4, -0.2) is 31.7 Å². The summed E-state index contributed by atoms with van der Waals surface area (Å²) in [5, 5.41) is 7.32. The minimum atomic E-state index is -0.928. The van der Waals surface area contributed by atoms with Gasteiger partial charge in [-0.3, -0.25) is 9.59 Å². The number of benzene rings is 3. The topological polar surface area (TPSA) is 98.2 Å². The van der Waals surface area contributed by atoms with E-state index in [-0.39, 0.29) is 6.61 Å². The normalized spacial score (nSPS) is 10.7. The summed E-state index contributed by atoms with van der Waals surface area (Å²) in [4.78, 5) is 24.2. The Labute approximate surface area is 226 Å². The second-order valence-corrected chi connectivity index (χ2v) is 8.80. The molecule has 36 heavy (non-hydrogen) atoms. The lowest BCUT2D eigenvalue weighted by Crippen LogP contribution is -2.32. The maximum Gasteiger partial charge on any atom is 0.329 e. The van der Waals surface area contributed by atoms with E-state index in [0.717, 1.165) is 0 Å². The van der Waals surface area contributed by atoms with E-state index in [4.69, 9.17) is 37.4 Å². The highest BCUT2D eigenvalue weighted by Crippen LogP contribution is 2.38. The molecular weight excluding hydrogens is 573 g/mol. The minimum absolute atomic E-state index is 0.129. The number of carbonyl (C=O) groups excluding carboxylic acids is 2. The molecule has 8 nitrogen and oxygen atoms in total. The zero-order valence-electron chi connectivity index (χ0n) is 19.3. The van der Waals surface area contributed by atoms with Crippen molar-refractivity contribution >= 4 is 62.8 Å². The Morgan fingerprint density at radius 1 is 1.03 bits per heavy atom. The van der Waals surface area contributed by atoms with Crippen molar-refractivity contribution in [2.24, 2.45) is 5.10 Å². The van der Waals surface area contributed by atoms with Crippen molar-refractivity contribution in [1.82, 2.24) is 5.43 Å². The first kappa shape index (κ1) is 27.3. The molecule has 0 aliphatic heterocycles. The Morgan fingerprint density at radius 3 is 2.36 bits per heavy atom. The molecule has 0 fully saturated rings. The molecule has 0 radical (unpaired) electrons. The van der Waals surface area contributed by atoms with Gasteiger partial charge < -0.3 is 19.5 Å². The van der Waals surface area contributed by atoms with Gasteiger partial charge in [0.2, 0.25) is 0 Å². The lowest BCUT2D eigenvalue weighted by molar-refractivity contribution is -0.136. The quantitative estimate of drug-likeness (QED) is 0.184. The van der Waals surface area contributed by atoms with Crippen molar-refractivity contribution in [2.45, 2.75) is 13.5 Å². The summed E-state index contributed by atoms with van der Waals surface area (Å²) in [7, 11) is 1.53. The van der Waals surface area contributed by atoms with Crippen LogP contribution >= 0.6 is 39.1 Å². The zero-order chi connectivity index (χ0) is 26.1. The molecule has 0 saturated heterocycles. The largest absolute Gasteiger partial charge is 0.497 e. The van der Waals surface area contributed by atoms with E-state index in [9.17, 15) is 9.59 Å². The van der Waals surface area contributed by atoms with Crippen molar-refractivity contribution in [3.05, 3.63) is 80.2 Å². The standard InChI is InChI=1S/C25H22BrCl2N3O5/c1-3-35-22-12-15(11-19(26)23(22)36-14-18-20(27)5-4-6-21(18)28)13-29-31-25(33)24(32)30-16-7-9-17(34-2)10-8-16/h4-13H,3,14H2,1-2H3,(H,30,32)(H,31,33). The Kier molecular flexibility index (Phi) is 9.98. The average Bonchev–Trinajstić information content (AvgIpc) is 2.85. The Balaban J connectivity index is 1.66. The van der Waals surface area contributed by atoms with Gasteiger partial charge in [-0.25, -0.2) is 5.43 Å². The van der Waals surface area contributed by atoms with Crippen LogP contribution in [0, 0.1) is 0 Å². The molecule has 0 aliphatic rings. The van der Waals surface area contributed by atoms with E-state index < -0.39 is 11.8 Å². The molecule has 11 heteroatoms. The third-order valence-electron chi connectivity index (χ3n) is 4.69. The number of anilines is 1. The van der Waals surface area contributed by atoms with Gasteiger partial charge in [-0.2, -0.15) is 5.10 Å². The number of amides is 2. The highest BCUT2D eigenvalue weighted by atomic mass is 79.9. The van der Waals surface area contributed by atoms with Crippen LogP contribution in [0.5, 0.6) is 17.2 Å². The number of hydrogen-bond acceptors (Lipinski definition) is 6. The van der Waals surface area contributed by atoms with Gasteiger partial charge in [0.05, 0.1) is 24.4 Å². The molecule has 2 N–H and O–H groups in total. The molecule has 3 aromatic rings. The number of carbonyl (C=O) groups is 2. The van der Waals surface area contributed by atoms with Crippen molar-refractivity contribution < 1.29 is 23.8 Å². The lowest BCUT2D eigenvalue weighted by atomic mass is 10.2. The molecular formula is C25H22BrCl2N3O5. The molecule has 188 valence electrons. The van der Waals surface area contributed by atoms with Crippen LogP contribution in [0.3, 0.4) is 0 Å². The van der Waals surface area contributed by atoms with Gasteiger partial charge in [-0.1, -0.05) is 29.3 Å². The lowest BCUT2D eigenvalue weighted by Gasteiger charge is -2.15. The van der Waals surface area contributed by atoms with E-state index in [2.05, 4.69) is 31.8 Å². The van der Waals surface area contributed by atoms with E-state index in [1.54, 1.807) is 54.6 Å².